The van der Waals surface area contributed by atoms with Gasteiger partial charge in [0.15, 0.2) is 0 Å². The Hall–Kier alpha value is -1.10. The van der Waals surface area contributed by atoms with Gasteiger partial charge >= 0.3 is 5.97 Å². The smallest absolute Gasteiger partial charge is 0.328 e. The van der Waals surface area contributed by atoms with Gasteiger partial charge < -0.3 is 15.2 Å². The van der Waals surface area contributed by atoms with Crippen LogP contribution < -0.4 is 5.32 Å². The largest absolute Gasteiger partial charge is 0.464 e. The quantitative estimate of drug-likeness (QED) is 0.505. The van der Waals surface area contributed by atoms with Gasteiger partial charge in [0.2, 0.25) is 5.91 Å². The molecule has 1 rings (SSSR count). The average molecular weight is 257 g/mol. The molecule has 1 heterocycles. The number of hydrogen-bond acceptors (Lipinski definition) is 4. The van der Waals surface area contributed by atoms with Gasteiger partial charge in [-0.05, 0) is 6.42 Å². The number of cyclic esters (lactones) is 1. The first kappa shape index (κ1) is 15.0. The number of rotatable bonds is 8. The molecule has 0 spiro atoms. The van der Waals surface area contributed by atoms with Crippen molar-refractivity contribution in [2.24, 2.45) is 0 Å². The maximum atomic E-state index is 11.6. The van der Waals surface area contributed by atoms with E-state index < -0.39 is 12.1 Å². The first-order valence-electron chi connectivity index (χ1n) is 6.77. The third-order valence-corrected chi connectivity index (χ3v) is 3.08. The lowest BCUT2D eigenvalue weighted by atomic mass is 10.1. The number of aliphatic hydroxyl groups is 1. The van der Waals surface area contributed by atoms with Gasteiger partial charge in [0.05, 0.1) is 19.1 Å². The van der Waals surface area contributed by atoms with Crippen molar-refractivity contribution in [1.29, 1.82) is 0 Å². The van der Waals surface area contributed by atoms with E-state index >= 15 is 0 Å². The Bertz CT molecular complexity index is 280. The molecular weight excluding hydrogens is 234 g/mol. The number of esters is 1. The predicted molar refractivity (Wildman–Crippen MR) is 66.9 cm³/mol. The summed E-state index contributed by atoms with van der Waals surface area (Å²) in [7, 11) is 0. The zero-order chi connectivity index (χ0) is 13.4. The lowest BCUT2D eigenvalue weighted by Gasteiger charge is -2.12. The number of aliphatic hydroxyl groups excluding tert-OH is 1. The van der Waals surface area contributed by atoms with Gasteiger partial charge in [-0.15, -0.1) is 0 Å². The van der Waals surface area contributed by atoms with Gasteiger partial charge in [-0.2, -0.15) is 0 Å². The van der Waals surface area contributed by atoms with E-state index in [-0.39, 0.29) is 18.3 Å². The summed E-state index contributed by atoms with van der Waals surface area (Å²) in [6, 6.07) is -0.523. The molecule has 1 aliphatic rings. The van der Waals surface area contributed by atoms with Crippen LogP contribution in [0.15, 0.2) is 0 Å². The summed E-state index contributed by atoms with van der Waals surface area (Å²) >= 11 is 0. The molecule has 0 aromatic carbocycles. The molecule has 5 nitrogen and oxygen atoms in total. The van der Waals surface area contributed by atoms with Gasteiger partial charge in [-0.1, -0.05) is 32.6 Å². The molecule has 2 N–H and O–H groups in total. The highest BCUT2D eigenvalue weighted by Gasteiger charge is 2.28. The molecule has 1 aliphatic heterocycles. The normalized spacial score (nSPS) is 20.6. The lowest BCUT2D eigenvalue weighted by molar-refractivity contribution is -0.141. The van der Waals surface area contributed by atoms with E-state index in [9.17, 15) is 14.7 Å². The summed E-state index contributed by atoms with van der Waals surface area (Å²) < 4.78 is 4.75. The van der Waals surface area contributed by atoms with Gasteiger partial charge in [0.1, 0.15) is 6.04 Å². The highest BCUT2D eigenvalue weighted by Crippen LogP contribution is 2.09. The Labute approximate surface area is 108 Å². The molecule has 1 fully saturated rings. The number of nitrogens with one attached hydrogen (secondary N) is 1. The summed E-state index contributed by atoms with van der Waals surface area (Å²) in [6.45, 7) is 2.49. The first-order valence-corrected chi connectivity index (χ1v) is 6.77. The Kier molecular flexibility index (Phi) is 6.72. The van der Waals surface area contributed by atoms with Crippen LogP contribution in [-0.2, 0) is 14.3 Å². The highest BCUT2D eigenvalue weighted by molar-refractivity contribution is 5.85. The average Bonchev–Trinajstić information content (AvgIpc) is 2.70. The van der Waals surface area contributed by atoms with Crippen LogP contribution in [0.3, 0.4) is 0 Å². The summed E-state index contributed by atoms with van der Waals surface area (Å²) in [5, 5.41) is 12.3. The zero-order valence-corrected chi connectivity index (χ0v) is 11.0. The van der Waals surface area contributed by atoms with E-state index in [4.69, 9.17) is 4.74 Å². The molecule has 1 amide bonds. The number of amides is 1. The highest BCUT2D eigenvalue weighted by atomic mass is 16.5. The first-order chi connectivity index (χ1) is 8.63. The summed E-state index contributed by atoms with van der Waals surface area (Å²) in [6.07, 6.45) is 4.96. The van der Waals surface area contributed by atoms with Crippen molar-refractivity contribution in [3.05, 3.63) is 0 Å². The van der Waals surface area contributed by atoms with Crippen LogP contribution in [0.25, 0.3) is 0 Å². The number of carbonyl (C=O) groups is 2. The van der Waals surface area contributed by atoms with Crippen LogP contribution in [0.5, 0.6) is 0 Å². The summed E-state index contributed by atoms with van der Waals surface area (Å²) in [5.41, 5.74) is 0. The van der Waals surface area contributed by atoms with Crippen LogP contribution in [0.1, 0.15) is 51.9 Å². The Morgan fingerprint density at radius 1 is 1.50 bits per heavy atom. The van der Waals surface area contributed by atoms with E-state index in [0.717, 1.165) is 25.7 Å². The lowest BCUT2D eigenvalue weighted by Crippen LogP contribution is -2.39. The minimum atomic E-state index is -0.612. The fourth-order valence-electron chi connectivity index (χ4n) is 2.00. The molecule has 0 saturated carbocycles. The molecule has 0 radical (unpaired) electrons. The third kappa shape index (κ3) is 5.49. The van der Waals surface area contributed by atoms with Crippen LogP contribution in [0.4, 0.5) is 0 Å². The van der Waals surface area contributed by atoms with Gasteiger partial charge in [0.25, 0.3) is 0 Å². The molecule has 18 heavy (non-hydrogen) atoms. The molecule has 5 heteroatoms. The number of unbranched alkanes of at least 4 members (excludes halogenated alkanes) is 3. The molecule has 104 valence electrons. The maximum Gasteiger partial charge on any atom is 0.328 e. The van der Waals surface area contributed by atoms with Crippen molar-refractivity contribution in [3.8, 4) is 0 Å². The molecule has 2 unspecified atom stereocenters. The van der Waals surface area contributed by atoms with Gasteiger partial charge in [-0.3, -0.25) is 4.79 Å². The third-order valence-electron chi connectivity index (χ3n) is 3.08. The standard InChI is InChI=1S/C13H23NO4/c1-2-3-4-5-6-10(15)9-12(16)14-11-7-8-18-13(11)17/h10-11,15H,2-9H2,1H3,(H,14,16). The predicted octanol–water partition coefficient (Wildman–Crippen LogP) is 1.14. The van der Waals surface area contributed by atoms with Crippen LogP contribution in [0.2, 0.25) is 0 Å². The molecule has 0 bridgehead atoms. The minimum Gasteiger partial charge on any atom is -0.464 e. The van der Waals surface area contributed by atoms with Crippen molar-refractivity contribution in [3.63, 3.8) is 0 Å². The van der Waals surface area contributed by atoms with E-state index in [1.165, 1.54) is 0 Å². The maximum absolute atomic E-state index is 11.6. The SMILES string of the molecule is CCCCCCC(O)CC(=O)NC1CCOC1=O. The number of ether oxygens (including phenoxy) is 1. The van der Waals surface area contributed by atoms with E-state index in [1.54, 1.807) is 0 Å². The summed E-state index contributed by atoms with van der Waals surface area (Å²) in [5.74, 6) is -0.650. The van der Waals surface area contributed by atoms with Crippen molar-refractivity contribution in [2.75, 3.05) is 6.61 Å². The van der Waals surface area contributed by atoms with Crippen molar-refractivity contribution in [2.45, 2.75) is 64.0 Å². The topological polar surface area (TPSA) is 75.6 Å². The second-order valence-corrected chi connectivity index (χ2v) is 4.78. The Morgan fingerprint density at radius 2 is 2.28 bits per heavy atom. The summed E-state index contributed by atoms with van der Waals surface area (Å²) in [4.78, 5) is 22.7. The van der Waals surface area contributed by atoms with Crippen molar-refractivity contribution in [1.82, 2.24) is 5.32 Å². The fraction of sp³-hybridized carbons (Fsp3) is 0.846. The molecule has 0 aliphatic carbocycles. The fourth-order valence-corrected chi connectivity index (χ4v) is 2.00. The van der Waals surface area contributed by atoms with Crippen LogP contribution in [0, 0.1) is 0 Å². The monoisotopic (exact) mass is 257 g/mol. The second-order valence-electron chi connectivity index (χ2n) is 4.78. The molecule has 0 aromatic heterocycles. The van der Waals surface area contributed by atoms with E-state index in [1.807, 2.05) is 0 Å². The minimum absolute atomic E-state index is 0.0654. The molecule has 1 saturated heterocycles. The van der Waals surface area contributed by atoms with Gasteiger partial charge in [-0.25, -0.2) is 4.79 Å². The van der Waals surface area contributed by atoms with E-state index in [0.29, 0.717) is 19.4 Å². The molecule has 2 atom stereocenters. The second kappa shape index (κ2) is 8.08. The van der Waals surface area contributed by atoms with Crippen LogP contribution in [-0.4, -0.2) is 35.7 Å². The Morgan fingerprint density at radius 3 is 2.89 bits per heavy atom. The number of carbonyl (C=O) groups excluding carboxylic acids is 2. The van der Waals surface area contributed by atoms with Gasteiger partial charge in [0, 0.05) is 6.42 Å². The Balaban J connectivity index is 2.13. The van der Waals surface area contributed by atoms with E-state index in [2.05, 4.69) is 12.2 Å². The van der Waals surface area contributed by atoms with Crippen molar-refractivity contribution >= 4 is 11.9 Å². The molecular formula is C13H23NO4. The van der Waals surface area contributed by atoms with Crippen LogP contribution >= 0.6 is 0 Å². The molecule has 0 aromatic rings. The number of hydrogen-bond donors (Lipinski definition) is 2. The van der Waals surface area contributed by atoms with Crippen molar-refractivity contribution < 1.29 is 19.4 Å². The zero-order valence-electron chi connectivity index (χ0n) is 11.0.